The van der Waals surface area contributed by atoms with Gasteiger partial charge in [-0.15, -0.1) is 0 Å². The summed E-state index contributed by atoms with van der Waals surface area (Å²) in [6, 6.07) is 13.6. The van der Waals surface area contributed by atoms with Gasteiger partial charge >= 0.3 is 5.97 Å². The Balaban J connectivity index is 1.69. The molecule has 0 aliphatic rings. The van der Waals surface area contributed by atoms with Crippen LogP contribution in [0.25, 0.3) is 0 Å². The van der Waals surface area contributed by atoms with Gasteiger partial charge in [0.25, 0.3) is 5.91 Å². The molecule has 0 saturated heterocycles. The summed E-state index contributed by atoms with van der Waals surface area (Å²) in [5.41, 5.74) is 1.36. The van der Waals surface area contributed by atoms with Gasteiger partial charge in [-0.25, -0.2) is 4.79 Å². The summed E-state index contributed by atoms with van der Waals surface area (Å²) in [6.07, 6.45) is 0.422. The van der Waals surface area contributed by atoms with Crippen molar-refractivity contribution in [2.45, 2.75) is 19.9 Å². The molecule has 1 amide bonds. The fourth-order valence-electron chi connectivity index (χ4n) is 2.16. The second kappa shape index (κ2) is 10.3. The maximum atomic E-state index is 11.7. The van der Waals surface area contributed by atoms with E-state index in [9.17, 15) is 14.4 Å². The van der Waals surface area contributed by atoms with Gasteiger partial charge in [0.2, 0.25) is 0 Å². The van der Waals surface area contributed by atoms with Crippen LogP contribution in [-0.2, 0) is 20.9 Å². The first kappa shape index (κ1) is 20.5. The summed E-state index contributed by atoms with van der Waals surface area (Å²) in [5.74, 6) is -0.645. The summed E-state index contributed by atoms with van der Waals surface area (Å²) in [6.45, 7) is 1.29. The highest BCUT2D eigenvalue weighted by Gasteiger charge is 2.10. The molecule has 0 bridgehead atoms. The minimum atomic E-state index is -0.670. The van der Waals surface area contributed by atoms with Gasteiger partial charge in [-0.1, -0.05) is 36.7 Å². The van der Waals surface area contributed by atoms with Crippen LogP contribution in [0.5, 0.6) is 5.75 Å². The molecule has 0 fully saturated rings. The molecule has 0 aliphatic heterocycles. The van der Waals surface area contributed by atoms with Crippen molar-refractivity contribution >= 4 is 29.3 Å². The molecule has 0 unspecified atom stereocenters. The first-order valence-corrected chi connectivity index (χ1v) is 8.79. The Bertz CT molecular complexity index is 804. The lowest BCUT2D eigenvalue weighted by molar-refractivity contribution is -0.150. The highest BCUT2D eigenvalue weighted by atomic mass is 35.5. The van der Waals surface area contributed by atoms with Crippen LogP contribution < -0.4 is 10.1 Å². The standard InChI is InChI=1S/C20H20ClNO5/c1-2-18(23)14-7-9-16(10-8-14)26-13-20(25)27-12-19(24)22-11-15-5-3-4-6-17(15)21/h3-10H,2,11-13H2,1H3,(H,22,24). The Kier molecular flexibility index (Phi) is 7.82. The van der Waals surface area contributed by atoms with Gasteiger partial charge in [0.1, 0.15) is 5.75 Å². The van der Waals surface area contributed by atoms with Crippen LogP contribution in [0.2, 0.25) is 5.02 Å². The van der Waals surface area contributed by atoms with E-state index >= 15 is 0 Å². The number of ether oxygens (including phenoxy) is 2. The predicted octanol–water partition coefficient (Wildman–Crippen LogP) is 3.17. The van der Waals surface area contributed by atoms with Crippen LogP contribution in [0, 0.1) is 0 Å². The molecule has 2 aromatic rings. The fraction of sp³-hybridized carbons (Fsp3) is 0.250. The summed E-state index contributed by atoms with van der Waals surface area (Å²) in [7, 11) is 0. The minimum Gasteiger partial charge on any atom is -0.482 e. The Morgan fingerprint density at radius 2 is 1.70 bits per heavy atom. The summed E-state index contributed by atoms with van der Waals surface area (Å²) in [4.78, 5) is 34.9. The van der Waals surface area contributed by atoms with Crippen LogP contribution in [0.1, 0.15) is 29.3 Å². The average molecular weight is 390 g/mol. The molecule has 1 N–H and O–H groups in total. The van der Waals surface area contributed by atoms with Crippen LogP contribution >= 0.6 is 11.6 Å². The molecular weight excluding hydrogens is 370 g/mol. The van der Waals surface area contributed by atoms with E-state index in [0.717, 1.165) is 5.56 Å². The van der Waals surface area contributed by atoms with Crippen LogP contribution in [0.3, 0.4) is 0 Å². The molecule has 27 heavy (non-hydrogen) atoms. The summed E-state index contributed by atoms with van der Waals surface area (Å²) < 4.78 is 10.1. The SMILES string of the molecule is CCC(=O)c1ccc(OCC(=O)OCC(=O)NCc2ccccc2Cl)cc1. The molecule has 2 rings (SSSR count). The van der Waals surface area contributed by atoms with Crippen molar-refractivity contribution in [3.63, 3.8) is 0 Å². The molecule has 0 aromatic heterocycles. The predicted molar refractivity (Wildman–Crippen MR) is 101 cm³/mol. The van der Waals surface area contributed by atoms with E-state index < -0.39 is 18.5 Å². The third-order valence-corrected chi connectivity index (χ3v) is 4.02. The molecule has 0 atom stereocenters. The zero-order valence-electron chi connectivity index (χ0n) is 14.9. The van der Waals surface area contributed by atoms with Crippen molar-refractivity contribution in [3.8, 4) is 5.75 Å². The molecule has 0 spiro atoms. The van der Waals surface area contributed by atoms with E-state index in [2.05, 4.69) is 5.32 Å². The maximum Gasteiger partial charge on any atom is 0.344 e. The molecule has 7 heteroatoms. The van der Waals surface area contributed by atoms with Gasteiger partial charge in [-0.3, -0.25) is 9.59 Å². The molecule has 0 aliphatic carbocycles. The number of ketones is 1. The number of amides is 1. The van der Waals surface area contributed by atoms with Gasteiger partial charge in [0, 0.05) is 23.6 Å². The molecule has 142 valence electrons. The highest BCUT2D eigenvalue weighted by Crippen LogP contribution is 2.14. The van der Waals surface area contributed by atoms with Crippen molar-refractivity contribution in [2.75, 3.05) is 13.2 Å². The number of halogens is 1. The summed E-state index contributed by atoms with van der Waals surface area (Å²) in [5, 5.41) is 3.17. The number of rotatable bonds is 9. The maximum absolute atomic E-state index is 11.7. The third kappa shape index (κ3) is 6.75. The number of Topliss-reactive ketones (excluding diaryl/α,β-unsaturated/α-hetero) is 1. The number of carbonyl (C=O) groups excluding carboxylic acids is 3. The number of hydrogen-bond donors (Lipinski definition) is 1. The quantitative estimate of drug-likeness (QED) is 0.526. The molecule has 0 heterocycles. The number of esters is 1. The van der Waals surface area contributed by atoms with E-state index in [-0.39, 0.29) is 18.9 Å². The van der Waals surface area contributed by atoms with Crippen molar-refractivity contribution < 1.29 is 23.9 Å². The molecule has 0 radical (unpaired) electrons. The Morgan fingerprint density at radius 3 is 2.37 bits per heavy atom. The largest absolute Gasteiger partial charge is 0.482 e. The lowest BCUT2D eigenvalue weighted by atomic mass is 10.1. The molecule has 2 aromatic carbocycles. The normalized spacial score (nSPS) is 10.1. The first-order chi connectivity index (χ1) is 13.0. The van der Waals surface area contributed by atoms with Crippen molar-refractivity contribution in [1.29, 1.82) is 0 Å². The summed E-state index contributed by atoms with van der Waals surface area (Å²) >= 11 is 6.00. The first-order valence-electron chi connectivity index (χ1n) is 8.41. The number of hydrogen-bond acceptors (Lipinski definition) is 5. The van der Waals surface area contributed by atoms with E-state index in [1.807, 2.05) is 6.07 Å². The fourth-order valence-corrected chi connectivity index (χ4v) is 2.36. The Morgan fingerprint density at radius 1 is 1.00 bits per heavy atom. The Hall–Kier alpha value is -2.86. The highest BCUT2D eigenvalue weighted by molar-refractivity contribution is 6.31. The van der Waals surface area contributed by atoms with E-state index in [4.69, 9.17) is 21.1 Å². The van der Waals surface area contributed by atoms with Crippen LogP contribution in [0.15, 0.2) is 48.5 Å². The number of carbonyl (C=O) groups is 3. The topological polar surface area (TPSA) is 81.7 Å². The second-order valence-corrected chi connectivity index (χ2v) is 6.03. The minimum absolute atomic E-state index is 0.0313. The van der Waals surface area contributed by atoms with Gasteiger partial charge in [0.05, 0.1) is 0 Å². The van der Waals surface area contributed by atoms with Crippen molar-refractivity contribution in [1.82, 2.24) is 5.32 Å². The zero-order chi connectivity index (χ0) is 19.6. The molecular formula is C20H20ClNO5. The number of nitrogens with one attached hydrogen (secondary N) is 1. The molecule has 0 saturated carbocycles. The van der Waals surface area contributed by atoms with Gasteiger partial charge in [-0.05, 0) is 35.9 Å². The lowest BCUT2D eigenvalue weighted by Crippen LogP contribution is -2.29. The molecule has 6 nitrogen and oxygen atoms in total. The van der Waals surface area contributed by atoms with E-state index in [0.29, 0.717) is 22.8 Å². The zero-order valence-corrected chi connectivity index (χ0v) is 15.6. The van der Waals surface area contributed by atoms with Gasteiger partial charge < -0.3 is 14.8 Å². The van der Waals surface area contributed by atoms with Crippen LogP contribution in [-0.4, -0.2) is 30.9 Å². The monoisotopic (exact) mass is 389 g/mol. The van der Waals surface area contributed by atoms with Crippen LogP contribution in [0.4, 0.5) is 0 Å². The van der Waals surface area contributed by atoms with E-state index in [1.165, 1.54) is 0 Å². The van der Waals surface area contributed by atoms with E-state index in [1.54, 1.807) is 49.4 Å². The Labute approximate surface area is 162 Å². The number of benzene rings is 2. The van der Waals surface area contributed by atoms with Crippen molar-refractivity contribution in [2.24, 2.45) is 0 Å². The second-order valence-electron chi connectivity index (χ2n) is 5.62. The smallest absolute Gasteiger partial charge is 0.344 e. The lowest BCUT2D eigenvalue weighted by Gasteiger charge is -2.09. The van der Waals surface area contributed by atoms with Gasteiger partial charge in [-0.2, -0.15) is 0 Å². The third-order valence-electron chi connectivity index (χ3n) is 3.65. The van der Waals surface area contributed by atoms with Gasteiger partial charge in [0.15, 0.2) is 19.0 Å². The van der Waals surface area contributed by atoms with Crippen molar-refractivity contribution in [3.05, 3.63) is 64.7 Å². The average Bonchev–Trinajstić information content (AvgIpc) is 2.69.